The Morgan fingerprint density at radius 1 is 1.33 bits per heavy atom. The van der Waals surface area contributed by atoms with Gasteiger partial charge in [-0.05, 0) is 12.5 Å². The monoisotopic (exact) mass is 394 g/mol. The van der Waals surface area contributed by atoms with Crippen molar-refractivity contribution in [2.24, 2.45) is 0 Å². The van der Waals surface area contributed by atoms with Gasteiger partial charge in [-0.1, -0.05) is 0 Å². The van der Waals surface area contributed by atoms with Crippen molar-refractivity contribution < 1.29 is 22.4 Å². The number of imide groups is 1. The number of halogens is 1. The molecule has 2 aliphatic heterocycles. The quantitative estimate of drug-likeness (QED) is 0.546. The van der Waals surface area contributed by atoms with Gasteiger partial charge < -0.3 is 4.90 Å². The molecule has 0 spiro atoms. The van der Waals surface area contributed by atoms with Crippen molar-refractivity contribution in [3.8, 4) is 0 Å². The lowest BCUT2D eigenvalue weighted by molar-refractivity contribution is -0.124. The number of alkyl halides is 1. The number of nitrogens with one attached hydrogen (secondary N) is 1. The van der Waals surface area contributed by atoms with E-state index in [1.807, 2.05) is 0 Å². The molecule has 27 heavy (non-hydrogen) atoms. The first-order valence-corrected chi connectivity index (χ1v) is 10.0. The SMILES string of the molecule is CS(=O)(=O)c1nc(N2CC[C@H](F)C2)n2ncc(/C=C3\CC(=O)NC3=O)c2n1. The molecule has 0 unspecified atom stereocenters. The Balaban J connectivity index is 1.89. The average molecular weight is 394 g/mol. The summed E-state index contributed by atoms with van der Waals surface area (Å²) in [7, 11) is -3.74. The first-order valence-electron chi connectivity index (χ1n) is 8.12. The van der Waals surface area contributed by atoms with Gasteiger partial charge in [-0.2, -0.15) is 19.6 Å². The van der Waals surface area contributed by atoms with E-state index in [0.29, 0.717) is 18.5 Å². The summed E-state index contributed by atoms with van der Waals surface area (Å²) >= 11 is 0. The lowest BCUT2D eigenvalue weighted by atomic mass is 10.1. The fourth-order valence-electron chi connectivity index (χ4n) is 3.04. The van der Waals surface area contributed by atoms with Gasteiger partial charge in [0.05, 0.1) is 19.2 Å². The van der Waals surface area contributed by atoms with Crippen LogP contribution in [-0.4, -0.2) is 65.3 Å². The molecule has 0 saturated carbocycles. The summed E-state index contributed by atoms with van der Waals surface area (Å²) in [6.07, 6.45) is 2.99. The molecule has 0 bridgehead atoms. The van der Waals surface area contributed by atoms with Gasteiger partial charge in [0, 0.05) is 23.9 Å². The second-order valence-corrected chi connectivity index (χ2v) is 8.38. The predicted molar refractivity (Wildman–Crippen MR) is 91.4 cm³/mol. The van der Waals surface area contributed by atoms with E-state index < -0.39 is 33.0 Å². The maximum atomic E-state index is 13.6. The van der Waals surface area contributed by atoms with E-state index >= 15 is 0 Å². The van der Waals surface area contributed by atoms with Crippen molar-refractivity contribution in [3.05, 3.63) is 17.3 Å². The molecule has 2 aliphatic rings. The third-order valence-electron chi connectivity index (χ3n) is 4.33. The number of carbonyl (C=O) groups excluding carboxylic acids is 2. The van der Waals surface area contributed by atoms with Crippen molar-refractivity contribution in [1.29, 1.82) is 0 Å². The highest BCUT2D eigenvalue weighted by molar-refractivity contribution is 7.90. The molecule has 2 aromatic rings. The molecule has 12 heteroatoms. The van der Waals surface area contributed by atoms with E-state index in [2.05, 4.69) is 20.4 Å². The van der Waals surface area contributed by atoms with Crippen LogP contribution in [0.2, 0.25) is 0 Å². The first kappa shape index (κ1) is 17.5. The smallest absolute Gasteiger partial charge is 0.254 e. The lowest BCUT2D eigenvalue weighted by Crippen LogP contribution is -2.25. The molecule has 2 fully saturated rings. The van der Waals surface area contributed by atoms with Crippen LogP contribution in [0.25, 0.3) is 11.7 Å². The summed E-state index contributed by atoms with van der Waals surface area (Å²) in [6, 6.07) is 0. The highest BCUT2D eigenvalue weighted by atomic mass is 32.2. The zero-order chi connectivity index (χ0) is 19.3. The van der Waals surface area contributed by atoms with Crippen LogP contribution in [0.1, 0.15) is 18.4 Å². The van der Waals surface area contributed by atoms with E-state index in [-0.39, 0.29) is 30.1 Å². The summed E-state index contributed by atoms with van der Waals surface area (Å²) in [6.45, 7) is 0.437. The van der Waals surface area contributed by atoms with Crippen LogP contribution in [0, 0.1) is 0 Å². The number of carbonyl (C=O) groups is 2. The van der Waals surface area contributed by atoms with E-state index in [1.165, 1.54) is 16.8 Å². The molecular weight excluding hydrogens is 379 g/mol. The number of sulfone groups is 1. The van der Waals surface area contributed by atoms with E-state index in [4.69, 9.17) is 0 Å². The number of anilines is 1. The Labute approximate surface area is 153 Å². The van der Waals surface area contributed by atoms with Crippen molar-refractivity contribution >= 4 is 39.3 Å². The van der Waals surface area contributed by atoms with Crippen molar-refractivity contribution in [1.82, 2.24) is 24.9 Å². The van der Waals surface area contributed by atoms with Crippen LogP contribution in [0.4, 0.5) is 10.3 Å². The summed E-state index contributed by atoms with van der Waals surface area (Å²) in [4.78, 5) is 32.9. The van der Waals surface area contributed by atoms with Crippen LogP contribution in [0.3, 0.4) is 0 Å². The standard InChI is InChI=1S/C15H15FN6O4S/c1-27(25,26)14-19-12-9(4-8-5-11(23)18-13(8)24)6-17-22(12)15(20-14)21-3-2-10(16)7-21/h4,6,10H,2-3,5,7H2,1H3,(H,18,23,24)/b8-4+/t10-/m0/s1. The van der Waals surface area contributed by atoms with Crippen LogP contribution in [-0.2, 0) is 19.4 Å². The largest absolute Gasteiger partial charge is 0.338 e. The molecule has 0 aliphatic carbocycles. The van der Waals surface area contributed by atoms with Crippen LogP contribution >= 0.6 is 0 Å². The second-order valence-electron chi connectivity index (χ2n) is 6.47. The molecule has 142 valence electrons. The van der Waals surface area contributed by atoms with Crippen LogP contribution in [0.15, 0.2) is 16.9 Å². The summed E-state index contributed by atoms with van der Waals surface area (Å²) in [5.74, 6) is -0.769. The molecule has 10 nitrogen and oxygen atoms in total. The zero-order valence-corrected chi connectivity index (χ0v) is 15.0. The number of rotatable bonds is 3. The minimum atomic E-state index is -3.74. The highest BCUT2D eigenvalue weighted by Crippen LogP contribution is 2.25. The van der Waals surface area contributed by atoms with Gasteiger partial charge in [0.25, 0.3) is 11.1 Å². The van der Waals surface area contributed by atoms with Gasteiger partial charge in [0.2, 0.25) is 21.7 Å². The number of hydrogen-bond acceptors (Lipinski definition) is 8. The number of aromatic nitrogens is 4. The van der Waals surface area contributed by atoms with Gasteiger partial charge in [0.15, 0.2) is 5.65 Å². The fraction of sp³-hybridized carbons (Fsp3) is 0.400. The minimum Gasteiger partial charge on any atom is -0.338 e. The number of fused-ring (bicyclic) bond motifs is 1. The Morgan fingerprint density at radius 2 is 2.11 bits per heavy atom. The minimum absolute atomic E-state index is 0.0719. The maximum Gasteiger partial charge on any atom is 0.254 e. The predicted octanol–water partition coefficient (Wildman–Crippen LogP) is -0.494. The molecule has 0 aromatic carbocycles. The lowest BCUT2D eigenvalue weighted by Gasteiger charge is -2.17. The van der Waals surface area contributed by atoms with Crippen molar-refractivity contribution in [2.75, 3.05) is 24.2 Å². The van der Waals surface area contributed by atoms with Crippen LogP contribution in [0.5, 0.6) is 0 Å². The van der Waals surface area contributed by atoms with E-state index in [0.717, 1.165) is 6.26 Å². The number of hydrogen-bond donors (Lipinski definition) is 1. The summed E-state index contributed by atoms with van der Waals surface area (Å²) in [5.41, 5.74) is 0.739. The maximum absolute atomic E-state index is 13.6. The molecular formula is C15H15FN6O4S. The Hall–Kier alpha value is -2.89. The Bertz CT molecular complexity index is 1110. The van der Waals surface area contributed by atoms with Gasteiger partial charge >= 0.3 is 0 Å². The Morgan fingerprint density at radius 3 is 2.70 bits per heavy atom. The van der Waals surface area contributed by atoms with Gasteiger partial charge in [0.1, 0.15) is 6.17 Å². The molecule has 0 radical (unpaired) electrons. The molecule has 4 rings (SSSR count). The molecule has 2 amide bonds. The third-order valence-corrected chi connectivity index (χ3v) is 5.17. The topological polar surface area (TPSA) is 127 Å². The van der Waals surface area contributed by atoms with Gasteiger partial charge in [-0.25, -0.2) is 12.8 Å². The van der Waals surface area contributed by atoms with Crippen LogP contribution < -0.4 is 10.2 Å². The molecule has 1 N–H and O–H groups in total. The summed E-state index contributed by atoms with van der Waals surface area (Å²) in [5, 5.41) is 5.92. The fourth-order valence-corrected chi connectivity index (χ4v) is 3.54. The first-order chi connectivity index (χ1) is 12.7. The molecule has 1 atom stereocenters. The number of amides is 2. The summed E-state index contributed by atoms with van der Waals surface area (Å²) < 4.78 is 39.0. The highest BCUT2D eigenvalue weighted by Gasteiger charge is 2.29. The van der Waals surface area contributed by atoms with E-state index in [9.17, 15) is 22.4 Å². The zero-order valence-electron chi connectivity index (χ0n) is 14.2. The molecule has 4 heterocycles. The van der Waals surface area contributed by atoms with Crippen molar-refractivity contribution in [2.45, 2.75) is 24.2 Å². The van der Waals surface area contributed by atoms with E-state index in [1.54, 1.807) is 4.90 Å². The molecule has 2 aromatic heterocycles. The Kier molecular flexibility index (Phi) is 3.94. The second kappa shape index (κ2) is 6.08. The van der Waals surface area contributed by atoms with Gasteiger partial charge in [-0.15, -0.1) is 0 Å². The van der Waals surface area contributed by atoms with Crippen molar-refractivity contribution in [3.63, 3.8) is 0 Å². The number of nitrogens with zero attached hydrogens (tertiary/aromatic N) is 5. The van der Waals surface area contributed by atoms with Gasteiger partial charge in [-0.3, -0.25) is 14.9 Å². The normalized spacial score (nSPS) is 22.2. The molecule has 2 saturated heterocycles. The third kappa shape index (κ3) is 3.16. The average Bonchev–Trinajstić information content (AvgIpc) is 3.26.